The summed E-state index contributed by atoms with van der Waals surface area (Å²) in [7, 11) is 0. The topological polar surface area (TPSA) is 29.5 Å². The van der Waals surface area contributed by atoms with E-state index in [0.717, 1.165) is 12.2 Å². The summed E-state index contributed by atoms with van der Waals surface area (Å²) in [4.78, 5) is 0. The summed E-state index contributed by atoms with van der Waals surface area (Å²) < 4.78 is 5.69. The molecule has 0 aliphatic rings. The molecule has 0 radical (unpaired) electrons. The van der Waals surface area contributed by atoms with E-state index in [-0.39, 0.29) is 5.92 Å². The molecule has 1 N–H and O–H groups in total. The minimum absolute atomic E-state index is 0.162. The summed E-state index contributed by atoms with van der Waals surface area (Å²) in [5, 5.41) is 10.2. The van der Waals surface area contributed by atoms with Crippen molar-refractivity contribution in [3.8, 4) is 5.75 Å². The van der Waals surface area contributed by atoms with Crippen LogP contribution in [0.2, 0.25) is 0 Å². The van der Waals surface area contributed by atoms with E-state index < -0.39 is 5.60 Å². The molecule has 0 aliphatic heterocycles. The Morgan fingerprint density at radius 2 is 1.52 bits per heavy atom. The lowest BCUT2D eigenvalue weighted by Gasteiger charge is -2.27. The predicted molar refractivity (Wildman–Crippen MR) is 86.6 cm³/mol. The van der Waals surface area contributed by atoms with Gasteiger partial charge in [0.25, 0.3) is 0 Å². The molecule has 0 saturated carbocycles. The highest BCUT2D eigenvalue weighted by atomic mass is 16.5. The molecule has 2 nitrogen and oxygen atoms in total. The van der Waals surface area contributed by atoms with E-state index in [4.69, 9.17) is 4.74 Å². The Bertz CT molecular complexity index is 542. The molecule has 0 amide bonds. The molecule has 21 heavy (non-hydrogen) atoms. The van der Waals surface area contributed by atoms with E-state index >= 15 is 0 Å². The zero-order chi connectivity index (χ0) is 15.3. The molecule has 2 aromatic carbocycles. The van der Waals surface area contributed by atoms with Crippen LogP contribution in [0.4, 0.5) is 0 Å². The predicted octanol–water partition coefficient (Wildman–Crippen LogP) is 4.06. The third-order valence-electron chi connectivity index (χ3n) is 3.95. The van der Waals surface area contributed by atoms with Crippen LogP contribution in [0.5, 0.6) is 5.75 Å². The van der Waals surface area contributed by atoms with Crippen molar-refractivity contribution < 1.29 is 9.84 Å². The van der Waals surface area contributed by atoms with Crippen LogP contribution in [0.3, 0.4) is 0 Å². The van der Waals surface area contributed by atoms with Gasteiger partial charge in [0.2, 0.25) is 0 Å². The van der Waals surface area contributed by atoms with Gasteiger partial charge in [-0.1, -0.05) is 56.3 Å². The van der Waals surface area contributed by atoms with E-state index in [1.54, 1.807) is 6.92 Å². The van der Waals surface area contributed by atoms with Crippen LogP contribution in [0.1, 0.15) is 31.9 Å². The van der Waals surface area contributed by atoms with Gasteiger partial charge < -0.3 is 9.84 Å². The number of rotatable bonds is 6. The highest BCUT2D eigenvalue weighted by molar-refractivity contribution is 5.31. The Morgan fingerprint density at radius 1 is 0.952 bits per heavy atom. The van der Waals surface area contributed by atoms with E-state index in [0.29, 0.717) is 6.61 Å². The molecule has 0 bridgehead atoms. The molecule has 0 fully saturated rings. The van der Waals surface area contributed by atoms with Gasteiger partial charge in [0.1, 0.15) is 12.4 Å². The number of aliphatic hydroxyl groups is 1. The van der Waals surface area contributed by atoms with Gasteiger partial charge in [0.15, 0.2) is 0 Å². The molecule has 0 heterocycles. The van der Waals surface area contributed by atoms with Crippen LogP contribution in [0.15, 0.2) is 54.6 Å². The Kier molecular flexibility index (Phi) is 5.03. The summed E-state index contributed by atoms with van der Waals surface area (Å²) in [6.45, 7) is 6.10. The largest absolute Gasteiger partial charge is 0.491 e. The first-order valence-electron chi connectivity index (χ1n) is 7.45. The molecule has 0 aromatic heterocycles. The minimum atomic E-state index is -0.803. The van der Waals surface area contributed by atoms with Gasteiger partial charge in [-0.2, -0.15) is 0 Å². The first-order chi connectivity index (χ1) is 9.97. The number of benzene rings is 2. The fourth-order valence-electron chi connectivity index (χ4n) is 1.93. The fraction of sp³-hybridized carbons (Fsp3) is 0.368. The van der Waals surface area contributed by atoms with Crippen molar-refractivity contribution >= 4 is 0 Å². The van der Waals surface area contributed by atoms with Crippen LogP contribution in [0.25, 0.3) is 0 Å². The molecule has 1 atom stereocenters. The second kappa shape index (κ2) is 6.77. The van der Waals surface area contributed by atoms with Crippen LogP contribution in [0, 0.1) is 5.92 Å². The van der Waals surface area contributed by atoms with Crippen molar-refractivity contribution in [3.63, 3.8) is 0 Å². The Hall–Kier alpha value is -1.80. The lowest BCUT2D eigenvalue weighted by molar-refractivity contribution is -0.0266. The van der Waals surface area contributed by atoms with Gasteiger partial charge in [-0.15, -0.1) is 0 Å². The van der Waals surface area contributed by atoms with Gasteiger partial charge in [0.05, 0.1) is 5.60 Å². The lowest BCUT2D eigenvalue weighted by Crippen LogP contribution is -2.37. The Balaban J connectivity index is 1.93. The third-order valence-corrected chi connectivity index (χ3v) is 3.95. The standard InChI is InChI=1S/C19H24O2/c1-15(2)19(3,20)14-21-18-11-9-17(10-12-18)13-16-7-5-4-6-8-16/h4-12,15,20H,13-14H2,1-3H3. The molecule has 112 valence electrons. The summed E-state index contributed by atoms with van der Waals surface area (Å²) in [5.41, 5.74) is 1.75. The average Bonchev–Trinajstić information content (AvgIpc) is 2.47. The van der Waals surface area contributed by atoms with E-state index in [9.17, 15) is 5.11 Å². The molecule has 2 aromatic rings. The van der Waals surface area contributed by atoms with E-state index in [1.165, 1.54) is 11.1 Å². The highest BCUT2D eigenvalue weighted by Gasteiger charge is 2.25. The van der Waals surface area contributed by atoms with Crippen LogP contribution < -0.4 is 4.74 Å². The quantitative estimate of drug-likeness (QED) is 0.866. The first-order valence-corrected chi connectivity index (χ1v) is 7.45. The average molecular weight is 284 g/mol. The minimum Gasteiger partial charge on any atom is -0.491 e. The summed E-state index contributed by atoms with van der Waals surface area (Å²) in [6.07, 6.45) is 0.921. The highest BCUT2D eigenvalue weighted by Crippen LogP contribution is 2.20. The van der Waals surface area contributed by atoms with Crippen molar-refractivity contribution in [3.05, 3.63) is 65.7 Å². The van der Waals surface area contributed by atoms with Crippen molar-refractivity contribution in [2.75, 3.05) is 6.61 Å². The molecule has 2 heteroatoms. The monoisotopic (exact) mass is 284 g/mol. The Morgan fingerprint density at radius 3 is 2.10 bits per heavy atom. The summed E-state index contributed by atoms with van der Waals surface area (Å²) >= 11 is 0. The zero-order valence-corrected chi connectivity index (χ0v) is 13.0. The third kappa shape index (κ3) is 4.61. The normalized spacial score (nSPS) is 14.0. The van der Waals surface area contributed by atoms with Gasteiger partial charge in [-0.3, -0.25) is 0 Å². The molecule has 0 aliphatic carbocycles. The molecular formula is C19H24O2. The van der Waals surface area contributed by atoms with Crippen LogP contribution in [-0.4, -0.2) is 17.3 Å². The van der Waals surface area contributed by atoms with E-state index in [1.807, 2.05) is 32.0 Å². The summed E-state index contributed by atoms with van der Waals surface area (Å²) in [5.74, 6) is 0.961. The zero-order valence-electron chi connectivity index (χ0n) is 13.0. The lowest BCUT2D eigenvalue weighted by atomic mass is 9.94. The fourth-order valence-corrected chi connectivity index (χ4v) is 1.93. The maximum Gasteiger partial charge on any atom is 0.119 e. The maximum absolute atomic E-state index is 10.2. The molecule has 0 saturated heterocycles. The maximum atomic E-state index is 10.2. The first kappa shape index (κ1) is 15.6. The number of hydrogen-bond donors (Lipinski definition) is 1. The van der Waals surface area contributed by atoms with Crippen LogP contribution >= 0.6 is 0 Å². The summed E-state index contributed by atoms with van der Waals surface area (Å²) in [6, 6.07) is 18.5. The van der Waals surface area contributed by atoms with Gasteiger partial charge in [-0.25, -0.2) is 0 Å². The van der Waals surface area contributed by atoms with Crippen LogP contribution in [-0.2, 0) is 6.42 Å². The van der Waals surface area contributed by atoms with Crippen molar-refractivity contribution in [2.45, 2.75) is 32.8 Å². The second-order valence-electron chi connectivity index (χ2n) is 6.11. The molecule has 2 rings (SSSR count). The SMILES string of the molecule is CC(C)C(C)(O)COc1ccc(Cc2ccccc2)cc1. The number of ether oxygens (including phenoxy) is 1. The molecular weight excluding hydrogens is 260 g/mol. The van der Waals surface area contributed by atoms with E-state index in [2.05, 4.69) is 36.4 Å². The van der Waals surface area contributed by atoms with Crippen molar-refractivity contribution in [1.82, 2.24) is 0 Å². The van der Waals surface area contributed by atoms with Crippen molar-refractivity contribution in [1.29, 1.82) is 0 Å². The van der Waals surface area contributed by atoms with Gasteiger partial charge in [-0.05, 0) is 42.5 Å². The molecule has 0 spiro atoms. The smallest absolute Gasteiger partial charge is 0.119 e. The number of hydrogen-bond acceptors (Lipinski definition) is 2. The molecule has 1 unspecified atom stereocenters. The van der Waals surface area contributed by atoms with Crippen molar-refractivity contribution in [2.24, 2.45) is 5.92 Å². The Labute approximate surface area is 127 Å². The van der Waals surface area contributed by atoms with Gasteiger partial charge >= 0.3 is 0 Å². The second-order valence-corrected chi connectivity index (χ2v) is 6.11. The van der Waals surface area contributed by atoms with Gasteiger partial charge in [0, 0.05) is 0 Å².